The summed E-state index contributed by atoms with van der Waals surface area (Å²) in [5.41, 5.74) is 0.496. The zero-order valence-electron chi connectivity index (χ0n) is 13.5. The molecule has 2 amide bonds. The number of halogens is 1. The molecule has 7 heteroatoms. The summed E-state index contributed by atoms with van der Waals surface area (Å²) in [6, 6.07) is 11.9. The second kappa shape index (κ2) is 8.88. The Morgan fingerprint density at radius 1 is 1.08 bits per heavy atom. The summed E-state index contributed by atoms with van der Waals surface area (Å²) in [4.78, 5) is 11.9. The highest BCUT2D eigenvalue weighted by molar-refractivity contribution is 6.31. The van der Waals surface area contributed by atoms with Crippen LogP contribution >= 0.6 is 11.6 Å². The molecule has 0 radical (unpaired) electrons. The topological polar surface area (TPSA) is 68.8 Å². The van der Waals surface area contributed by atoms with Crippen LogP contribution in [-0.4, -0.2) is 33.4 Å². The number of carbonyl (C=O) groups excluding carboxylic acids is 1. The van der Waals surface area contributed by atoms with Gasteiger partial charge in [-0.05, 0) is 30.3 Å². The average Bonchev–Trinajstić information content (AvgIpc) is 2.59. The van der Waals surface area contributed by atoms with E-state index in [4.69, 9.17) is 25.8 Å². The van der Waals surface area contributed by atoms with Gasteiger partial charge in [0.1, 0.15) is 23.9 Å². The SMILES string of the molecule is COc1cccc(OCCNC(=O)Nc2cc(Cl)ccc2OC)c1. The molecule has 2 aromatic carbocycles. The first-order chi connectivity index (χ1) is 11.6. The van der Waals surface area contributed by atoms with Gasteiger partial charge in [-0.15, -0.1) is 0 Å². The molecule has 2 N–H and O–H groups in total. The molecule has 0 saturated carbocycles. The predicted octanol–water partition coefficient (Wildman–Crippen LogP) is 3.56. The predicted molar refractivity (Wildman–Crippen MR) is 93.5 cm³/mol. The van der Waals surface area contributed by atoms with Crippen molar-refractivity contribution in [2.45, 2.75) is 0 Å². The number of nitrogens with one attached hydrogen (secondary N) is 2. The van der Waals surface area contributed by atoms with Gasteiger partial charge >= 0.3 is 6.03 Å². The summed E-state index contributed by atoms with van der Waals surface area (Å²) in [5, 5.41) is 5.89. The molecule has 0 aliphatic carbocycles. The van der Waals surface area contributed by atoms with E-state index in [-0.39, 0.29) is 6.03 Å². The molecule has 6 nitrogen and oxygen atoms in total. The van der Waals surface area contributed by atoms with Crippen molar-refractivity contribution < 1.29 is 19.0 Å². The van der Waals surface area contributed by atoms with Crippen LogP contribution in [0.2, 0.25) is 5.02 Å². The minimum absolute atomic E-state index is 0.327. The molecular weight excluding hydrogens is 332 g/mol. The monoisotopic (exact) mass is 350 g/mol. The molecule has 0 saturated heterocycles. The van der Waals surface area contributed by atoms with Crippen molar-refractivity contribution in [3.8, 4) is 17.2 Å². The molecule has 128 valence electrons. The second-order valence-corrected chi connectivity index (χ2v) is 5.19. The Morgan fingerprint density at radius 3 is 2.62 bits per heavy atom. The van der Waals surface area contributed by atoms with Gasteiger partial charge in [0, 0.05) is 11.1 Å². The van der Waals surface area contributed by atoms with Gasteiger partial charge < -0.3 is 24.8 Å². The molecule has 0 atom stereocenters. The number of methoxy groups -OCH3 is 2. The summed E-state index contributed by atoms with van der Waals surface area (Å²) in [6.07, 6.45) is 0. The fourth-order valence-corrected chi connectivity index (χ4v) is 2.14. The van der Waals surface area contributed by atoms with Gasteiger partial charge in [0.25, 0.3) is 0 Å². The Balaban J connectivity index is 1.78. The van der Waals surface area contributed by atoms with Gasteiger partial charge in [-0.1, -0.05) is 17.7 Å². The summed E-state index contributed by atoms with van der Waals surface area (Å²) in [5.74, 6) is 1.92. The molecule has 2 aromatic rings. The van der Waals surface area contributed by atoms with E-state index >= 15 is 0 Å². The van der Waals surface area contributed by atoms with E-state index in [1.807, 2.05) is 18.2 Å². The van der Waals surface area contributed by atoms with Gasteiger partial charge in [0.15, 0.2) is 0 Å². The Bertz CT molecular complexity index is 694. The van der Waals surface area contributed by atoms with Crippen LogP contribution in [0.25, 0.3) is 0 Å². The first kappa shape index (κ1) is 17.7. The summed E-state index contributed by atoms with van der Waals surface area (Å²) < 4.78 is 15.8. The molecular formula is C17H19ClN2O4. The normalized spacial score (nSPS) is 9.96. The van der Waals surface area contributed by atoms with Crippen LogP contribution < -0.4 is 24.8 Å². The fraction of sp³-hybridized carbons (Fsp3) is 0.235. The number of hydrogen-bond donors (Lipinski definition) is 2. The highest BCUT2D eigenvalue weighted by atomic mass is 35.5. The highest BCUT2D eigenvalue weighted by Crippen LogP contribution is 2.27. The number of rotatable bonds is 7. The van der Waals surface area contributed by atoms with Gasteiger partial charge in [-0.3, -0.25) is 0 Å². The molecule has 0 aliphatic rings. The maximum atomic E-state index is 11.9. The number of amides is 2. The standard InChI is InChI=1S/C17H19ClN2O4/c1-22-13-4-3-5-14(11-13)24-9-8-19-17(21)20-15-10-12(18)6-7-16(15)23-2/h3-7,10-11H,8-9H2,1-2H3,(H2,19,20,21). The third kappa shape index (κ3) is 5.24. The van der Waals surface area contributed by atoms with E-state index in [0.717, 1.165) is 0 Å². The van der Waals surface area contributed by atoms with Crippen LogP contribution in [0.4, 0.5) is 10.5 Å². The lowest BCUT2D eigenvalue weighted by Gasteiger charge is -2.12. The largest absolute Gasteiger partial charge is 0.497 e. The van der Waals surface area contributed by atoms with Crippen molar-refractivity contribution in [2.24, 2.45) is 0 Å². The minimum atomic E-state index is -0.371. The molecule has 0 bridgehead atoms. The lowest BCUT2D eigenvalue weighted by Crippen LogP contribution is -2.32. The molecule has 0 aromatic heterocycles. The van der Waals surface area contributed by atoms with Crippen LogP contribution in [0.5, 0.6) is 17.2 Å². The molecule has 0 unspecified atom stereocenters. The van der Waals surface area contributed by atoms with E-state index in [9.17, 15) is 4.79 Å². The van der Waals surface area contributed by atoms with E-state index in [2.05, 4.69) is 10.6 Å². The number of hydrogen-bond acceptors (Lipinski definition) is 4. The summed E-state index contributed by atoms with van der Waals surface area (Å²) >= 11 is 5.92. The van der Waals surface area contributed by atoms with Crippen LogP contribution in [0.3, 0.4) is 0 Å². The van der Waals surface area contributed by atoms with Gasteiger partial charge in [-0.2, -0.15) is 0 Å². The highest BCUT2D eigenvalue weighted by Gasteiger charge is 2.07. The smallest absolute Gasteiger partial charge is 0.319 e. The molecule has 24 heavy (non-hydrogen) atoms. The third-order valence-corrected chi connectivity index (χ3v) is 3.34. The van der Waals surface area contributed by atoms with Crippen molar-refractivity contribution in [1.82, 2.24) is 5.32 Å². The van der Waals surface area contributed by atoms with Crippen molar-refractivity contribution in [2.75, 3.05) is 32.7 Å². The molecule has 0 fully saturated rings. The van der Waals surface area contributed by atoms with Gasteiger partial charge in [0.05, 0.1) is 26.5 Å². The first-order valence-electron chi connectivity index (χ1n) is 7.27. The summed E-state index contributed by atoms with van der Waals surface area (Å²) in [6.45, 7) is 0.666. The fourth-order valence-electron chi connectivity index (χ4n) is 1.97. The zero-order chi connectivity index (χ0) is 17.4. The quantitative estimate of drug-likeness (QED) is 0.749. The first-order valence-corrected chi connectivity index (χ1v) is 7.65. The van der Waals surface area contributed by atoms with Crippen LogP contribution in [0.15, 0.2) is 42.5 Å². The van der Waals surface area contributed by atoms with Crippen molar-refractivity contribution >= 4 is 23.3 Å². The Kier molecular flexibility index (Phi) is 6.57. The molecule has 0 heterocycles. The Hall–Kier alpha value is -2.60. The lowest BCUT2D eigenvalue weighted by molar-refractivity contribution is 0.247. The average molecular weight is 351 g/mol. The van der Waals surface area contributed by atoms with Crippen LogP contribution in [0.1, 0.15) is 0 Å². The number of urea groups is 1. The van der Waals surface area contributed by atoms with Crippen LogP contribution in [0, 0.1) is 0 Å². The summed E-state index contributed by atoms with van der Waals surface area (Å²) in [7, 11) is 3.11. The lowest BCUT2D eigenvalue weighted by atomic mass is 10.3. The second-order valence-electron chi connectivity index (χ2n) is 4.75. The van der Waals surface area contributed by atoms with Gasteiger partial charge in [-0.25, -0.2) is 4.79 Å². The number of carbonyl (C=O) groups is 1. The van der Waals surface area contributed by atoms with Gasteiger partial charge in [0.2, 0.25) is 0 Å². The maximum Gasteiger partial charge on any atom is 0.319 e. The zero-order valence-corrected chi connectivity index (χ0v) is 14.2. The number of anilines is 1. The maximum absolute atomic E-state index is 11.9. The Labute approximate surface area is 145 Å². The van der Waals surface area contributed by atoms with E-state index < -0.39 is 0 Å². The number of benzene rings is 2. The van der Waals surface area contributed by atoms with Crippen molar-refractivity contribution in [3.05, 3.63) is 47.5 Å². The van der Waals surface area contributed by atoms with Crippen molar-refractivity contribution in [1.29, 1.82) is 0 Å². The molecule has 0 aliphatic heterocycles. The van der Waals surface area contributed by atoms with E-state index in [1.54, 1.807) is 31.4 Å². The van der Waals surface area contributed by atoms with E-state index in [1.165, 1.54) is 7.11 Å². The molecule has 0 spiro atoms. The Morgan fingerprint density at radius 2 is 1.88 bits per heavy atom. The molecule has 2 rings (SSSR count). The number of ether oxygens (including phenoxy) is 3. The van der Waals surface area contributed by atoms with Crippen LogP contribution in [-0.2, 0) is 0 Å². The minimum Gasteiger partial charge on any atom is -0.497 e. The third-order valence-electron chi connectivity index (χ3n) is 3.11. The van der Waals surface area contributed by atoms with E-state index in [0.29, 0.717) is 41.1 Å². The van der Waals surface area contributed by atoms with Crippen molar-refractivity contribution in [3.63, 3.8) is 0 Å².